The van der Waals surface area contributed by atoms with E-state index in [2.05, 4.69) is 67.7 Å². The summed E-state index contributed by atoms with van der Waals surface area (Å²) in [7, 11) is -0.378. The molecule has 1 fully saturated rings. The summed E-state index contributed by atoms with van der Waals surface area (Å²) in [5.74, 6) is -0.388. The second-order valence-corrected chi connectivity index (χ2v) is 24.2. The lowest BCUT2D eigenvalue weighted by Crippen LogP contribution is -2.62. The van der Waals surface area contributed by atoms with Crippen LogP contribution in [0.4, 0.5) is 0 Å². The van der Waals surface area contributed by atoms with Crippen molar-refractivity contribution in [3.05, 3.63) is 35.9 Å². The van der Waals surface area contributed by atoms with Gasteiger partial charge in [-0.25, -0.2) is 4.79 Å². The maximum Gasteiger partial charge on any atom is 0.338 e. The number of carbonyl (C=O) groups is 1. The van der Waals surface area contributed by atoms with Crippen LogP contribution >= 0.6 is 11.8 Å². The van der Waals surface area contributed by atoms with Crippen LogP contribution in [0.15, 0.2) is 35.3 Å². The number of hydrogen-bond acceptors (Lipinski definition) is 8. The number of aliphatic imine (C=N–C) groups is 1. The molecule has 38 heavy (non-hydrogen) atoms. The largest absolute Gasteiger partial charge is 0.453 e. The van der Waals surface area contributed by atoms with Gasteiger partial charge < -0.3 is 23.2 Å². The van der Waals surface area contributed by atoms with E-state index in [4.69, 9.17) is 23.3 Å². The number of fused-ring (bicyclic) bond motifs is 1. The van der Waals surface area contributed by atoms with Gasteiger partial charge in [-0.3, -0.25) is 4.99 Å². The highest BCUT2D eigenvalue weighted by molar-refractivity contribution is 8.14. The highest BCUT2D eigenvalue weighted by Crippen LogP contribution is 2.45. The van der Waals surface area contributed by atoms with Gasteiger partial charge in [0.25, 0.3) is 0 Å². The maximum atomic E-state index is 13.4. The van der Waals surface area contributed by atoms with Crippen molar-refractivity contribution in [3.8, 4) is 0 Å². The monoisotopic (exact) mass is 580 g/mol. The van der Waals surface area contributed by atoms with Gasteiger partial charge in [-0.1, -0.05) is 71.5 Å². The molecule has 10 heteroatoms. The summed E-state index contributed by atoms with van der Waals surface area (Å²) < 4.78 is 26.7. The molecule has 0 radical (unpaired) electrons. The lowest BCUT2D eigenvalue weighted by atomic mass is 9.98. The van der Waals surface area contributed by atoms with Gasteiger partial charge in [-0.2, -0.15) is 0 Å². The summed E-state index contributed by atoms with van der Waals surface area (Å²) in [6.45, 7) is 22.6. The van der Waals surface area contributed by atoms with Crippen molar-refractivity contribution in [2.45, 2.75) is 108 Å². The molecule has 0 amide bonds. The molecule has 5 atom stereocenters. The van der Waals surface area contributed by atoms with E-state index < -0.39 is 34.9 Å². The third-order valence-electron chi connectivity index (χ3n) is 8.38. The number of thioether (sulfide) groups is 1. The number of nitrogens with zero attached hydrogens (tertiary/aromatic N) is 2. The number of esters is 1. The number of rotatable bonds is 7. The molecule has 0 N–H and O–H groups in total. The van der Waals surface area contributed by atoms with Crippen molar-refractivity contribution >= 4 is 39.5 Å². The maximum absolute atomic E-state index is 13.4. The van der Waals surface area contributed by atoms with Crippen LogP contribution in [-0.4, -0.2) is 83.2 Å². The number of carbonyl (C=O) groups excluding carboxylic acids is 1. The average molecular weight is 581 g/mol. The topological polar surface area (TPSA) is 69.6 Å². The van der Waals surface area contributed by atoms with Gasteiger partial charge in [0.1, 0.15) is 23.7 Å². The van der Waals surface area contributed by atoms with Crippen molar-refractivity contribution in [1.82, 2.24) is 4.90 Å². The van der Waals surface area contributed by atoms with Crippen LogP contribution in [0.25, 0.3) is 0 Å². The molecule has 0 saturated carbocycles. The second kappa shape index (κ2) is 11.4. The molecular weight excluding hydrogens is 533 g/mol. The Morgan fingerprint density at radius 2 is 1.55 bits per heavy atom. The zero-order valence-corrected chi connectivity index (χ0v) is 28.1. The van der Waals surface area contributed by atoms with Crippen molar-refractivity contribution in [2.24, 2.45) is 4.99 Å². The third-order valence-corrected chi connectivity index (χ3v) is 18.7. The molecular formula is C28H48N2O5SSi2. The van der Waals surface area contributed by atoms with Crippen LogP contribution in [0.2, 0.25) is 36.3 Å². The first-order valence-electron chi connectivity index (χ1n) is 13.5. The molecule has 2 heterocycles. The molecule has 1 aromatic carbocycles. The number of ether oxygens (including phenoxy) is 2. The Morgan fingerprint density at radius 1 is 0.974 bits per heavy atom. The fraction of sp³-hybridized carbons (Fsp3) is 0.714. The van der Waals surface area contributed by atoms with Crippen LogP contribution in [-0.2, 0) is 18.3 Å². The second-order valence-electron chi connectivity index (χ2n) is 13.6. The first-order valence-corrected chi connectivity index (χ1v) is 20.2. The Balaban J connectivity index is 2.02. The fourth-order valence-corrected chi connectivity index (χ4v) is 7.29. The number of benzene rings is 1. The Labute approximate surface area is 236 Å². The van der Waals surface area contributed by atoms with Gasteiger partial charge >= 0.3 is 5.97 Å². The molecule has 1 aromatic rings. The van der Waals surface area contributed by atoms with E-state index in [1.165, 1.54) is 0 Å². The smallest absolute Gasteiger partial charge is 0.338 e. The van der Waals surface area contributed by atoms with Gasteiger partial charge in [-0.05, 0) is 48.4 Å². The van der Waals surface area contributed by atoms with E-state index in [0.717, 1.165) is 5.17 Å². The SMILES string of the molecule is CN(C)C1=NC2C(OC(CO[Si](C)(C)C(C)(C)C)C(OC(=O)c3ccccc3)C2O[Si](C)(C)C(C)(C)C)S1. The zero-order chi connectivity index (χ0) is 28.7. The molecule has 0 spiro atoms. The van der Waals surface area contributed by atoms with Crippen LogP contribution < -0.4 is 0 Å². The minimum absolute atomic E-state index is 0.0260. The quantitative estimate of drug-likeness (QED) is 0.274. The van der Waals surface area contributed by atoms with Crippen LogP contribution in [0.5, 0.6) is 0 Å². The summed E-state index contributed by atoms with van der Waals surface area (Å²) >= 11 is 1.60. The lowest BCUT2D eigenvalue weighted by molar-refractivity contribution is -0.161. The summed E-state index contributed by atoms with van der Waals surface area (Å²) in [6.07, 6.45) is -1.58. The van der Waals surface area contributed by atoms with E-state index in [0.29, 0.717) is 12.2 Å². The Morgan fingerprint density at radius 3 is 2.08 bits per heavy atom. The Bertz CT molecular complexity index is 1000. The molecule has 5 unspecified atom stereocenters. The highest BCUT2D eigenvalue weighted by Gasteiger charge is 2.55. The van der Waals surface area contributed by atoms with E-state index >= 15 is 0 Å². The zero-order valence-electron chi connectivity index (χ0n) is 25.3. The molecule has 2 aliphatic rings. The lowest BCUT2D eigenvalue weighted by Gasteiger charge is -2.48. The summed E-state index contributed by atoms with van der Waals surface area (Å²) in [4.78, 5) is 20.4. The minimum Gasteiger partial charge on any atom is -0.453 e. The summed E-state index contributed by atoms with van der Waals surface area (Å²) in [5, 5.41) is 0.908. The van der Waals surface area contributed by atoms with E-state index in [-0.39, 0.29) is 27.5 Å². The van der Waals surface area contributed by atoms with Crippen molar-refractivity contribution in [3.63, 3.8) is 0 Å². The molecule has 2 aliphatic heterocycles. The van der Waals surface area contributed by atoms with E-state index in [1.54, 1.807) is 23.9 Å². The summed E-state index contributed by atoms with van der Waals surface area (Å²) in [6, 6.07) is 8.82. The predicted octanol–water partition coefficient (Wildman–Crippen LogP) is 6.38. The van der Waals surface area contributed by atoms with Crippen LogP contribution in [0.3, 0.4) is 0 Å². The van der Waals surface area contributed by atoms with Gasteiger partial charge in [0.15, 0.2) is 27.9 Å². The van der Waals surface area contributed by atoms with Crippen molar-refractivity contribution in [1.29, 1.82) is 0 Å². The fourth-order valence-electron chi connectivity index (χ4n) is 3.81. The number of amidine groups is 1. The van der Waals surface area contributed by atoms with Gasteiger partial charge in [-0.15, -0.1) is 0 Å². The standard InChI is InChI=1S/C28H48N2O5SSi2/c1-27(2,3)37(9,10)32-18-20-22(34-24(31)19-16-14-13-15-17-19)23(35-38(11,12)28(4,5)6)21-25(33-20)36-26(29-21)30(7)8/h13-17,20-23,25H,18H2,1-12H3. The van der Waals surface area contributed by atoms with Crippen molar-refractivity contribution in [2.75, 3.05) is 20.7 Å². The molecule has 0 aliphatic carbocycles. The number of hydrogen-bond donors (Lipinski definition) is 0. The molecule has 7 nitrogen and oxygen atoms in total. The molecule has 0 bridgehead atoms. The van der Waals surface area contributed by atoms with Crippen LogP contribution in [0, 0.1) is 0 Å². The van der Waals surface area contributed by atoms with Crippen molar-refractivity contribution < 1.29 is 23.1 Å². The van der Waals surface area contributed by atoms with Gasteiger partial charge in [0, 0.05) is 14.1 Å². The van der Waals surface area contributed by atoms with Crippen LogP contribution in [0.1, 0.15) is 51.9 Å². The third kappa shape index (κ3) is 6.93. The highest BCUT2D eigenvalue weighted by atomic mass is 32.2. The molecule has 1 saturated heterocycles. The molecule has 3 rings (SSSR count). The molecule has 214 valence electrons. The van der Waals surface area contributed by atoms with E-state index in [9.17, 15) is 4.79 Å². The average Bonchev–Trinajstić information content (AvgIpc) is 3.23. The van der Waals surface area contributed by atoms with E-state index in [1.807, 2.05) is 37.2 Å². The summed E-state index contributed by atoms with van der Waals surface area (Å²) in [5.41, 5.74) is 0.268. The first kappa shape index (κ1) is 31.4. The van der Waals surface area contributed by atoms with Gasteiger partial charge in [0.2, 0.25) is 0 Å². The predicted molar refractivity (Wildman–Crippen MR) is 162 cm³/mol. The Hall–Kier alpha value is -1.18. The Kier molecular flexibility index (Phi) is 9.38. The van der Waals surface area contributed by atoms with Gasteiger partial charge in [0.05, 0.1) is 12.2 Å². The normalized spacial score (nSPS) is 26.5. The minimum atomic E-state index is -2.26. The first-order chi connectivity index (χ1) is 17.3. The molecule has 0 aromatic heterocycles.